The fraction of sp³-hybridized carbons (Fsp3) is 0.818. The number of nitrogens with two attached hydrogens (primary N) is 1. The molecule has 0 saturated heterocycles. The Morgan fingerprint density at radius 1 is 1.06 bits per heavy atom. The highest BCUT2D eigenvalue weighted by Crippen LogP contribution is 2.26. The number of aliphatic carboxylic acids is 2. The van der Waals surface area contributed by atoms with Crippen molar-refractivity contribution in [3.05, 3.63) is 0 Å². The Kier molecular flexibility index (Phi) is 5.37. The predicted octanol–water partition coefficient (Wildman–Crippen LogP) is -0.0249. The largest absolute Gasteiger partial charge is 0.480 e. The molecule has 0 aliphatic heterocycles. The molecule has 1 aliphatic rings. The van der Waals surface area contributed by atoms with Crippen LogP contribution in [0.25, 0.3) is 0 Å². The van der Waals surface area contributed by atoms with Gasteiger partial charge in [0.1, 0.15) is 0 Å². The molecule has 4 N–H and O–H groups in total. The number of hydrogen-bond acceptors (Lipinski definition) is 4. The molecular formula is C11H20N2O4. The maximum atomic E-state index is 10.7. The summed E-state index contributed by atoms with van der Waals surface area (Å²) in [5, 5.41) is 17.5. The molecule has 6 heteroatoms. The van der Waals surface area contributed by atoms with E-state index >= 15 is 0 Å². The topological polar surface area (TPSA) is 104 Å². The second kappa shape index (κ2) is 6.56. The number of carbonyl (C=O) groups is 2. The van der Waals surface area contributed by atoms with Crippen molar-refractivity contribution < 1.29 is 19.8 Å². The first-order valence-electron chi connectivity index (χ1n) is 5.90. The third-order valence-electron chi connectivity index (χ3n) is 3.34. The van der Waals surface area contributed by atoms with Crippen molar-refractivity contribution in [2.75, 3.05) is 19.6 Å². The molecule has 6 nitrogen and oxygen atoms in total. The van der Waals surface area contributed by atoms with Gasteiger partial charge in [0.05, 0.1) is 13.1 Å². The zero-order valence-electron chi connectivity index (χ0n) is 9.84. The molecule has 1 rings (SSSR count). The standard InChI is InChI=1S/C11H20N2O4/c12-5-8-1-3-9(4-2-8)13(6-10(14)15)7-11(16)17/h8-9H,1-7,12H2,(H,14,15)(H,16,17). The Hall–Kier alpha value is -1.14. The minimum Gasteiger partial charge on any atom is -0.480 e. The van der Waals surface area contributed by atoms with Gasteiger partial charge in [-0.1, -0.05) is 0 Å². The van der Waals surface area contributed by atoms with Crippen molar-refractivity contribution in [3.8, 4) is 0 Å². The fourth-order valence-corrected chi connectivity index (χ4v) is 2.41. The Morgan fingerprint density at radius 2 is 1.53 bits per heavy atom. The molecule has 98 valence electrons. The molecule has 0 heterocycles. The predicted molar refractivity (Wildman–Crippen MR) is 61.6 cm³/mol. The van der Waals surface area contributed by atoms with Crippen LogP contribution in [-0.4, -0.2) is 52.7 Å². The minimum absolute atomic E-state index is 0.0602. The summed E-state index contributed by atoms with van der Waals surface area (Å²) in [5.41, 5.74) is 5.58. The van der Waals surface area contributed by atoms with Gasteiger partial charge in [0, 0.05) is 6.04 Å². The summed E-state index contributed by atoms with van der Waals surface area (Å²) in [5.74, 6) is -1.46. The van der Waals surface area contributed by atoms with Crippen LogP contribution >= 0.6 is 0 Å². The first-order chi connectivity index (χ1) is 8.02. The zero-order valence-corrected chi connectivity index (χ0v) is 9.84. The van der Waals surface area contributed by atoms with E-state index in [4.69, 9.17) is 15.9 Å². The zero-order chi connectivity index (χ0) is 12.8. The lowest BCUT2D eigenvalue weighted by Gasteiger charge is -2.34. The highest BCUT2D eigenvalue weighted by Gasteiger charge is 2.27. The van der Waals surface area contributed by atoms with Crippen LogP contribution in [0, 0.1) is 5.92 Å². The van der Waals surface area contributed by atoms with Gasteiger partial charge >= 0.3 is 11.9 Å². The van der Waals surface area contributed by atoms with Crippen LogP contribution in [0.1, 0.15) is 25.7 Å². The third-order valence-corrected chi connectivity index (χ3v) is 3.34. The van der Waals surface area contributed by atoms with Gasteiger partial charge in [0.2, 0.25) is 0 Å². The van der Waals surface area contributed by atoms with E-state index in [2.05, 4.69) is 0 Å². The molecule has 1 aliphatic carbocycles. The number of nitrogens with zero attached hydrogens (tertiary/aromatic N) is 1. The molecule has 0 amide bonds. The van der Waals surface area contributed by atoms with Crippen LogP contribution in [0.4, 0.5) is 0 Å². The Balaban J connectivity index is 2.52. The molecule has 17 heavy (non-hydrogen) atoms. The quantitative estimate of drug-likeness (QED) is 0.606. The van der Waals surface area contributed by atoms with Crippen molar-refractivity contribution in [1.29, 1.82) is 0 Å². The summed E-state index contributed by atoms with van der Waals surface area (Å²) >= 11 is 0. The normalized spacial score (nSPS) is 24.8. The van der Waals surface area contributed by atoms with Crippen molar-refractivity contribution >= 4 is 11.9 Å². The average Bonchev–Trinajstić information content (AvgIpc) is 2.27. The summed E-state index contributed by atoms with van der Waals surface area (Å²) in [7, 11) is 0. The van der Waals surface area contributed by atoms with Gasteiger partial charge in [-0.05, 0) is 38.1 Å². The Morgan fingerprint density at radius 3 is 1.88 bits per heavy atom. The van der Waals surface area contributed by atoms with Crippen molar-refractivity contribution in [2.45, 2.75) is 31.7 Å². The Bertz CT molecular complexity index is 259. The van der Waals surface area contributed by atoms with Gasteiger partial charge < -0.3 is 15.9 Å². The lowest BCUT2D eigenvalue weighted by atomic mass is 9.85. The summed E-state index contributed by atoms with van der Waals surface area (Å²) < 4.78 is 0. The van der Waals surface area contributed by atoms with E-state index in [1.54, 1.807) is 0 Å². The molecule has 0 aromatic rings. The minimum atomic E-state index is -0.979. The van der Waals surface area contributed by atoms with Crippen LogP contribution in [0.2, 0.25) is 0 Å². The lowest BCUT2D eigenvalue weighted by molar-refractivity contribution is -0.143. The Labute approximate surface area is 100 Å². The summed E-state index contributed by atoms with van der Waals surface area (Å²) in [6, 6.07) is 0.0602. The maximum absolute atomic E-state index is 10.7. The van der Waals surface area contributed by atoms with Crippen LogP contribution < -0.4 is 5.73 Å². The van der Waals surface area contributed by atoms with Crippen molar-refractivity contribution in [3.63, 3.8) is 0 Å². The molecule has 0 aromatic carbocycles. The van der Waals surface area contributed by atoms with Gasteiger partial charge in [0.25, 0.3) is 0 Å². The lowest BCUT2D eigenvalue weighted by Crippen LogP contribution is -2.44. The van der Waals surface area contributed by atoms with E-state index in [9.17, 15) is 9.59 Å². The average molecular weight is 244 g/mol. The molecule has 1 fully saturated rings. The molecule has 0 radical (unpaired) electrons. The summed E-state index contributed by atoms with van der Waals surface area (Å²) in [4.78, 5) is 22.9. The van der Waals surface area contributed by atoms with Gasteiger partial charge in [-0.15, -0.1) is 0 Å². The van der Waals surface area contributed by atoms with Crippen LogP contribution in [0.5, 0.6) is 0 Å². The smallest absolute Gasteiger partial charge is 0.317 e. The maximum Gasteiger partial charge on any atom is 0.317 e. The molecule has 0 atom stereocenters. The SMILES string of the molecule is NCC1CCC(N(CC(=O)O)CC(=O)O)CC1. The summed E-state index contributed by atoms with van der Waals surface area (Å²) in [6.07, 6.45) is 3.58. The van der Waals surface area contributed by atoms with E-state index < -0.39 is 11.9 Å². The molecule has 1 saturated carbocycles. The van der Waals surface area contributed by atoms with Crippen LogP contribution in [0.15, 0.2) is 0 Å². The van der Waals surface area contributed by atoms with Gasteiger partial charge in [-0.25, -0.2) is 0 Å². The van der Waals surface area contributed by atoms with Crippen LogP contribution in [-0.2, 0) is 9.59 Å². The van der Waals surface area contributed by atoms with E-state index in [1.165, 1.54) is 4.90 Å². The summed E-state index contributed by atoms with van der Waals surface area (Å²) in [6.45, 7) is 0.249. The van der Waals surface area contributed by atoms with E-state index in [1.807, 2.05) is 0 Å². The monoisotopic (exact) mass is 244 g/mol. The van der Waals surface area contributed by atoms with Gasteiger partial charge in [-0.2, -0.15) is 0 Å². The highest BCUT2D eigenvalue weighted by molar-refractivity contribution is 5.72. The van der Waals surface area contributed by atoms with E-state index in [0.29, 0.717) is 12.5 Å². The molecule has 0 bridgehead atoms. The van der Waals surface area contributed by atoms with E-state index in [-0.39, 0.29) is 19.1 Å². The van der Waals surface area contributed by atoms with E-state index in [0.717, 1.165) is 25.7 Å². The van der Waals surface area contributed by atoms with Gasteiger partial charge in [0.15, 0.2) is 0 Å². The molecular weight excluding hydrogens is 224 g/mol. The van der Waals surface area contributed by atoms with Gasteiger partial charge in [-0.3, -0.25) is 14.5 Å². The fourth-order valence-electron chi connectivity index (χ4n) is 2.41. The molecule has 0 spiro atoms. The van der Waals surface area contributed by atoms with Crippen molar-refractivity contribution in [1.82, 2.24) is 4.90 Å². The first kappa shape index (κ1) is 13.9. The number of carboxylic acid groups (broad SMARTS) is 2. The molecule has 0 unspecified atom stereocenters. The number of carboxylic acids is 2. The second-order valence-electron chi connectivity index (χ2n) is 4.60. The van der Waals surface area contributed by atoms with Crippen LogP contribution in [0.3, 0.4) is 0 Å². The number of rotatable bonds is 6. The first-order valence-corrected chi connectivity index (χ1v) is 5.90. The number of hydrogen-bond donors (Lipinski definition) is 3. The highest BCUT2D eigenvalue weighted by atomic mass is 16.4. The molecule has 0 aromatic heterocycles. The second-order valence-corrected chi connectivity index (χ2v) is 4.60. The third kappa shape index (κ3) is 4.70. The van der Waals surface area contributed by atoms with Crippen molar-refractivity contribution in [2.24, 2.45) is 11.7 Å².